The highest BCUT2D eigenvalue weighted by Gasteiger charge is 2.20. The fourth-order valence-electron chi connectivity index (χ4n) is 1.42. The second-order valence-electron chi connectivity index (χ2n) is 3.43. The topological polar surface area (TPSA) is 12.4 Å². The minimum absolute atomic E-state index is 0.0839. The van der Waals surface area contributed by atoms with Gasteiger partial charge in [-0.25, -0.2) is 4.39 Å². The number of thioether (sulfide) groups is 1. The Balaban J connectivity index is 2.33. The fourth-order valence-corrected chi connectivity index (χ4v) is 2.56. The number of hydrogen-bond donors (Lipinski definition) is 0. The average molecular weight is 239 g/mol. The van der Waals surface area contributed by atoms with Crippen molar-refractivity contribution < 1.29 is 4.39 Å². The molecule has 0 amide bonds. The fraction of sp³-hybridized carbons (Fsp3) is 0.273. The number of rotatable bonds is 1. The molecule has 0 aromatic heterocycles. The van der Waals surface area contributed by atoms with Crippen LogP contribution >= 0.6 is 24.0 Å². The van der Waals surface area contributed by atoms with E-state index in [9.17, 15) is 4.39 Å². The Kier molecular flexibility index (Phi) is 3.17. The average Bonchev–Trinajstić information content (AvgIpc) is 2.23. The highest BCUT2D eigenvalue weighted by atomic mass is 32.2. The maximum absolute atomic E-state index is 12.8. The van der Waals surface area contributed by atoms with Crippen molar-refractivity contribution in [3.05, 3.63) is 35.6 Å². The van der Waals surface area contributed by atoms with Gasteiger partial charge in [-0.2, -0.15) is 0 Å². The number of nitrogens with zero attached hydrogens (tertiary/aromatic N) is 1. The van der Waals surface area contributed by atoms with Gasteiger partial charge in [0.25, 0.3) is 0 Å². The van der Waals surface area contributed by atoms with Gasteiger partial charge in [-0.15, -0.1) is 11.8 Å². The van der Waals surface area contributed by atoms with Gasteiger partial charge in [0.1, 0.15) is 11.9 Å². The Labute approximate surface area is 97.8 Å². The van der Waals surface area contributed by atoms with Crippen molar-refractivity contribution in [1.29, 1.82) is 0 Å². The zero-order valence-electron chi connectivity index (χ0n) is 8.24. The van der Waals surface area contributed by atoms with Gasteiger partial charge in [-0.1, -0.05) is 24.4 Å². The van der Waals surface area contributed by atoms with Crippen LogP contribution in [0.5, 0.6) is 0 Å². The Morgan fingerprint density at radius 3 is 2.73 bits per heavy atom. The van der Waals surface area contributed by atoms with Gasteiger partial charge in [-0.3, -0.25) is 4.99 Å². The maximum Gasteiger partial charge on any atom is 0.123 e. The lowest BCUT2D eigenvalue weighted by molar-refractivity contribution is 0.627. The van der Waals surface area contributed by atoms with Gasteiger partial charge in [0.2, 0.25) is 0 Å². The standard InChI is InChI=1S/C11H10FNS2/c1-7-6-15-11(14)10(13-7)8-2-4-9(12)5-3-8/h2-5,10H,6H2,1H3. The molecule has 0 spiro atoms. The summed E-state index contributed by atoms with van der Waals surface area (Å²) >= 11 is 6.90. The molecule has 0 saturated heterocycles. The lowest BCUT2D eigenvalue weighted by Crippen LogP contribution is -2.15. The summed E-state index contributed by atoms with van der Waals surface area (Å²) in [5.74, 6) is 0.644. The van der Waals surface area contributed by atoms with Gasteiger partial charge in [0.15, 0.2) is 0 Å². The number of thiocarbonyl (C=S) groups is 1. The normalized spacial score (nSPS) is 21.3. The van der Waals surface area contributed by atoms with E-state index < -0.39 is 0 Å². The molecule has 0 aliphatic carbocycles. The van der Waals surface area contributed by atoms with Crippen LogP contribution in [0.15, 0.2) is 29.3 Å². The van der Waals surface area contributed by atoms with Crippen molar-refractivity contribution in [1.82, 2.24) is 0 Å². The molecule has 1 nitrogen and oxygen atoms in total. The van der Waals surface area contributed by atoms with Crippen LogP contribution in [0, 0.1) is 5.82 Å². The third-order valence-electron chi connectivity index (χ3n) is 2.18. The highest BCUT2D eigenvalue weighted by Crippen LogP contribution is 2.29. The van der Waals surface area contributed by atoms with E-state index in [1.807, 2.05) is 6.92 Å². The van der Waals surface area contributed by atoms with Crippen LogP contribution in [0.4, 0.5) is 4.39 Å². The van der Waals surface area contributed by atoms with Crippen LogP contribution in [0.1, 0.15) is 18.5 Å². The van der Waals surface area contributed by atoms with E-state index in [-0.39, 0.29) is 11.9 Å². The summed E-state index contributed by atoms with van der Waals surface area (Å²) in [5, 5.41) is 0. The Morgan fingerprint density at radius 2 is 2.07 bits per heavy atom. The van der Waals surface area contributed by atoms with Crippen LogP contribution in [0.3, 0.4) is 0 Å². The molecular formula is C11H10FNS2. The minimum atomic E-state index is -0.228. The molecule has 1 atom stereocenters. The molecule has 4 heteroatoms. The van der Waals surface area contributed by atoms with Crippen molar-refractivity contribution in [2.45, 2.75) is 13.0 Å². The molecule has 0 N–H and O–H groups in total. The van der Waals surface area contributed by atoms with E-state index >= 15 is 0 Å². The largest absolute Gasteiger partial charge is 0.279 e. The highest BCUT2D eigenvalue weighted by molar-refractivity contribution is 8.23. The second kappa shape index (κ2) is 4.41. The van der Waals surface area contributed by atoms with Crippen molar-refractivity contribution in [3.63, 3.8) is 0 Å². The van der Waals surface area contributed by atoms with Gasteiger partial charge < -0.3 is 0 Å². The first-order valence-electron chi connectivity index (χ1n) is 4.62. The molecule has 0 fully saturated rings. The monoisotopic (exact) mass is 239 g/mol. The van der Waals surface area contributed by atoms with Gasteiger partial charge in [0.05, 0.1) is 4.20 Å². The maximum atomic E-state index is 12.8. The molecule has 78 valence electrons. The predicted molar refractivity (Wildman–Crippen MR) is 67.3 cm³/mol. The molecule has 1 aliphatic rings. The molecule has 2 rings (SSSR count). The summed E-state index contributed by atoms with van der Waals surface area (Å²) in [6, 6.07) is 6.30. The van der Waals surface area contributed by atoms with Crippen molar-refractivity contribution >= 4 is 33.9 Å². The Hall–Kier alpha value is -0.740. The summed E-state index contributed by atoms with van der Waals surface area (Å²) < 4.78 is 13.6. The third-order valence-corrected chi connectivity index (χ3v) is 3.83. The number of aliphatic imine (C=N–C) groups is 1. The van der Waals surface area contributed by atoms with E-state index in [4.69, 9.17) is 12.2 Å². The summed E-state index contributed by atoms with van der Waals surface area (Å²) in [7, 11) is 0. The van der Waals surface area contributed by atoms with Gasteiger partial charge in [0, 0.05) is 11.5 Å². The number of halogens is 1. The van der Waals surface area contributed by atoms with E-state index in [1.54, 1.807) is 23.9 Å². The first-order chi connectivity index (χ1) is 7.16. The summed E-state index contributed by atoms with van der Waals surface area (Å²) in [5.41, 5.74) is 2.05. The molecule has 1 aliphatic heterocycles. The van der Waals surface area contributed by atoms with Crippen molar-refractivity contribution in [3.8, 4) is 0 Å². The predicted octanol–water partition coefficient (Wildman–Crippen LogP) is 3.40. The lowest BCUT2D eigenvalue weighted by atomic mass is 10.1. The van der Waals surface area contributed by atoms with E-state index in [2.05, 4.69) is 4.99 Å². The molecule has 15 heavy (non-hydrogen) atoms. The molecule has 1 unspecified atom stereocenters. The van der Waals surface area contributed by atoms with E-state index in [0.717, 1.165) is 21.2 Å². The van der Waals surface area contributed by atoms with Crippen LogP contribution in [-0.2, 0) is 0 Å². The first kappa shape index (κ1) is 10.8. The molecule has 0 radical (unpaired) electrons. The zero-order chi connectivity index (χ0) is 10.8. The molecule has 1 heterocycles. The summed E-state index contributed by atoms with van der Waals surface area (Å²) in [6.45, 7) is 1.99. The quantitative estimate of drug-likeness (QED) is 0.696. The van der Waals surface area contributed by atoms with E-state index in [1.165, 1.54) is 12.1 Å². The van der Waals surface area contributed by atoms with Crippen LogP contribution in [0.2, 0.25) is 0 Å². The van der Waals surface area contributed by atoms with Gasteiger partial charge >= 0.3 is 0 Å². The smallest absolute Gasteiger partial charge is 0.123 e. The lowest BCUT2D eigenvalue weighted by Gasteiger charge is -2.19. The second-order valence-corrected chi connectivity index (χ2v) is 5.14. The molecule has 1 aromatic rings. The summed E-state index contributed by atoms with van der Waals surface area (Å²) in [4.78, 5) is 4.50. The first-order valence-corrected chi connectivity index (χ1v) is 6.01. The van der Waals surface area contributed by atoms with Crippen LogP contribution in [-0.4, -0.2) is 15.7 Å². The zero-order valence-corrected chi connectivity index (χ0v) is 9.87. The Bertz CT molecular complexity index is 411. The van der Waals surface area contributed by atoms with Gasteiger partial charge in [-0.05, 0) is 24.6 Å². The van der Waals surface area contributed by atoms with Crippen LogP contribution < -0.4 is 0 Å². The minimum Gasteiger partial charge on any atom is -0.279 e. The number of hydrogen-bond acceptors (Lipinski definition) is 3. The third kappa shape index (κ3) is 2.44. The molecule has 0 bridgehead atoms. The van der Waals surface area contributed by atoms with E-state index in [0.29, 0.717) is 0 Å². The molecule has 0 saturated carbocycles. The number of benzene rings is 1. The van der Waals surface area contributed by atoms with Crippen molar-refractivity contribution in [2.75, 3.05) is 5.75 Å². The van der Waals surface area contributed by atoms with Crippen molar-refractivity contribution in [2.24, 2.45) is 4.99 Å². The molecular weight excluding hydrogens is 229 g/mol. The SMILES string of the molecule is CC1=NC(c2ccc(F)cc2)C(=S)SC1. The Morgan fingerprint density at radius 1 is 1.40 bits per heavy atom. The van der Waals surface area contributed by atoms with Crippen LogP contribution in [0.25, 0.3) is 0 Å². The summed E-state index contributed by atoms with van der Waals surface area (Å²) in [6.07, 6.45) is 0. The molecule has 1 aromatic carbocycles.